The zero-order valence-electron chi connectivity index (χ0n) is 16.8. The Morgan fingerprint density at radius 1 is 1.03 bits per heavy atom. The van der Waals surface area contributed by atoms with Gasteiger partial charge in [0, 0.05) is 0 Å². The first-order valence-corrected chi connectivity index (χ1v) is 10.6. The maximum absolute atomic E-state index is 13.0. The first kappa shape index (κ1) is 22.6. The monoisotopic (exact) mass is 419 g/mol. The standard InChI is InChI=1S/C21H25NO6S/c1-5-28-21(24)19(15(3)23)20(16-8-10-17(27-4)11-9-16)22-29(25,26)18-12-6-14(2)7-13-18/h6-13,19-20,22H,5H2,1-4H3. The van der Waals surface area contributed by atoms with Gasteiger partial charge in [0.25, 0.3) is 0 Å². The zero-order chi connectivity index (χ0) is 21.6. The van der Waals surface area contributed by atoms with Gasteiger partial charge in [0.05, 0.1) is 24.7 Å². The van der Waals surface area contributed by atoms with Crippen LogP contribution in [0.1, 0.15) is 31.0 Å². The van der Waals surface area contributed by atoms with Crippen molar-refractivity contribution in [2.45, 2.75) is 31.7 Å². The predicted molar refractivity (Wildman–Crippen MR) is 108 cm³/mol. The number of ketones is 1. The minimum absolute atomic E-state index is 0.0350. The second kappa shape index (κ2) is 9.67. The number of rotatable bonds is 9. The minimum Gasteiger partial charge on any atom is -0.497 e. The van der Waals surface area contributed by atoms with Crippen LogP contribution >= 0.6 is 0 Å². The van der Waals surface area contributed by atoms with Crippen LogP contribution in [0.25, 0.3) is 0 Å². The molecule has 2 unspecified atom stereocenters. The molecule has 0 aromatic heterocycles. The summed E-state index contributed by atoms with van der Waals surface area (Å²) in [6.45, 7) is 4.77. The van der Waals surface area contributed by atoms with Gasteiger partial charge in [-0.2, -0.15) is 0 Å². The van der Waals surface area contributed by atoms with Crippen molar-refractivity contribution in [2.24, 2.45) is 5.92 Å². The van der Waals surface area contributed by atoms with Gasteiger partial charge in [0.2, 0.25) is 10.0 Å². The fraction of sp³-hybridized carbons (Fsp3) is 0.333. The Morgan fingerprint density at radius 3 is 2.10 bits per heavy atom. The molecule has 2 atom stereocenters. The van der Waals surface area contributed by atoms with Crippen LogP contribution in [0.4, 0.5) is 0 Å². The van der Waals surface area contributed by atoms with Gasteiger partial charge < -0.3 is 9.47 Å². The van der Waals surface area contributed by atoms with E-state index in [1.165, 1.54) is 26.2 Å². The number of carbonyl (C=O) groups is 2. The number of carbonyl (C=O) groups excluding carboxylic acids is 2. The van der Waals surface area contributed by atoms with Gasteiger partial charge in [0.1, 0.15) is 17.5 Å². The van der Waals surface area contributed by atoms with E-state index in [4.69, 9.17) is 9.47 Å². The number of benzene rings is 2. The topological polar surface area (TPSA) is 98.8 Å². The Hall–Kier alpha value is -2.71. The number of methoxy groups -OCH3 is 1. The summed E-state index contributed by atoms with van der Waals surface area (Å²) in [5.41, 5.74) is 1.35. The summed E-state index contributed by atoms with van der Waals surface area (Å²) in [4.78, 5) is 24.8. The Morgan fingerprint density at radius 2 is 1.62 bits per heavy atom. The van der Waals surface area contributed by atoms with Crippen molar-refractivity contribution >= 4 is 21.8 Å². The smallest absolute Gasteiger partial charge is 0.318 e. The highest BCUT2D eigenvalue weighted by atomic mass is 32.2. The van der Waals surface area contributed by atoms with E-state index in [2.05, 4.69) is 4.72 Å². The van der Waals surface area contributed by atoms with Gasteiger partial charge in [-0.3, -0.25) is 9.59 Å². The molecular weight excluding hydrogens is 394 g/mol. The largest absolute Gasteiger partial charge is 0.497 e. The SMILES string of the molecule is CCOC(=O)C(C(C)=O)C(NS(=O)(=O)c1ccc(C)cc1)c1ccc(OC)cc1. The fourth-order valence-electron chi connectivity index (χ4n) is 2.86. The summed E-state index contributed by atoms with van der Waals surface area (Å²) in [6.07, 6.45) is 0. The first-order chi connectivity index (χ1) is 13.7. The van der Waals surface area contributed by atoms with E-state index < -0.39 is 33.7 Å². The average Bonchev–Trinajstić information content (AvgIpc) is 2.67. The molecule has 1 N–H and O–H groups in total. The van der Waals surface area contributed by atoms with E-state index in [-0.39, 0.29) is 11.5 Å². The van der Waals surface area contributed by atoms with Crippen LogP contribution in [0.5, 0.6) is 5.75 Å². The Labute approximate surface area is 171 Å². The molecule has 0 heterocycles. The molecular formula is C21H25NO6S. The lowest BCUT2D eigenvalue weighted by Crippen LogP contribution is -2.40. The van der Waals surface area contributed by atoms with E-state index in [9.17, 15) is 18.0 Å². The first-order valence-electron chi connectivity index (χ1n) is 9.09. The highest BCUT2D eigenvalue weighted by Crippen LogP contribution is 2.28. The molecule has 2 aromatic carbocycles. The molecule has 2 rings (SSSR count). The molecule has 0 aliphatic heterocycles. The molecule has 0 spiro atoms. The second-order valence-electron chi connectivity index (χ2n) is 6.53. The summed E-state index contributed by atoms with van der Waals surface area (Å²) in [5, 5.41) is 0. The van der Waals surface area contributed by atoms with Gasteiger partial charge in [-0.05, 0) is 50.6 Å². The van der Waals surface area contributed by atoms with Gasteiger partial charge in [-0.25, -0.2) is 13.1 Å². The van der Waals surface area contributed by atoms with Crippen LogP contribution in [-0.2, 0) is 24.3 Å². The summed E-state index contributed by atoms with van der Waals surface area (Å²) in [5.74, 6) is -2.06. The number of nitrogens with one attached hydrogen (secondary N) is 1. The minimum atomic E-state index is -4.01. The lowest BCUT2D eigenvalue weighted by Gasteiger charge is -2.25. The molecule has 0 radical (unpaired) electrons. The van der Waals surface area contributed by atoms with Crippen molar-refractivity contribution in [3.8, 4) is 5.75 Å². The second-order valence-corrected chi connectivity index (χ2v) is 8.24. The molecule has 29 heavy (non-hydrogen) atoms. The number of esters is 1. The van der Waals surface area contributed by atoms with Crippen LogP contribution in [0, 0.1) is 12.8 Å². The Kier molecular flexibility index (Phi) is 7.53. The summed E-state index contributed by atoms with van der Waals surface area (Å²) < 4.78 is 38.6. The van der Waals surface area contributed by atoms with Crippen molar-refractivity contribution < 1.29 is 27.5 Å². The van der Waals surface area contributed by atoms with E-state index >= 15 is 0 Å². The Bertz CT molecular complexity index is 952. The number of sulfonamides is 1. The Balaban J connectivity index is 2.51. The molecule has 0 aliphatic carbocycles. The van der Waals surface area contributed by atoms with Gasteiger partial charge in [0.15, 0.2) is 0 Å². The number of ether oxygens (including phenoxy) is 2. The lowest BCUT2D eigenvalue weighted by atomic mass is 9.90. The number of Topliss-reactive ketones (excluding diaryl/α,β-unsaturated/α-hetero) is 1. The van der Waals surface area contributed by atoms with E-state index in [0.717, 1.165) is 5.56 Å². The number of hydrogen-bond donors (Lipinski definition) is 1. The van der Waals surface area contributed by atoms with Crippen LogP contribution in [0.2, 0.25) is 0 Å². The molecule has 0 bridgehead atoms. The fourth-order valence-corrected chi connectivity index (χ4v) is 4.10. The maximum Gasteiger partial charge on any atom is 0.318 e. The number of aryl methyl sites for hydroxylation is 1. The predicted octanol–water partition coefficient (Wildman–Crippen LogP) is 2.79. The van der Waals surface area contributed by atoms with Gasteiger partial charge in [-0.1, -0.05) is 29.8 Å². The lowest BCUT2D eigenvalue weighted by molar-refractivity contribution is -0.152. The molecule has 0 amide bonds. The van der Waals surface area contributed by atoms with Gasteiger partial charge in [-0.15, -0.1) is 0 Å². The van der Waals surface area contributed by atoms with E-state index in [1.54, 1.807) is 43.3 Å². The van der Waals surface area contributed by atoms with Crippen LogP contribution < -0.4 is 9.46 Å². The van der Waals surface area contributed by atoms with Crippen molar-refractivity contribution in [3.05, 3.63) is 59.7 Å². The van der Waals surface area contributed by atoms with Crippen molar-refractivity contribution in [3.63, 3.8) is 0 Å². The van der Waals surface area contributed by atoms with Crippen molar-refractivity contribution in [2.75, 3.05) is 13.7 Å². The number of hydrogen-bond acceptors (Lipinski definition) is 6. The van der Waals surface area contributed by atoms with E-state index in [1.807, 2.05) is 6.92 Å². The van der Waals surface area contributed by atoms with Crippen LogP contribution in [-0.4, -0.2) is 33.9 Å². The summed E-state index contributed by atoms with van der Waals surface area (Å²) in [6, 6.07) is 11.6. The quantitative estimate of drug-likeness (QED) is 0.496. The maximum atomic E-state index is 13.0. The van der Waals surface area contributed by atoms with E-state index in [0.29, 0.717) is 11.3 Å². The highest BCUT2D eigenvalue weighted by molar-refractivity contribution is 7.89. The molecule has 8 heteroatoms. The molecule has 0 aliphatic rings. The summed E-state index contributed by atoms with van der Waals surface area (Å²) >= 11 is 0. The third-order valence-electron chi connectivity index (χ3n) is 4.40. The summed E-state index contributed by atoms with van der Waals surface area (Å²) in [7, 11) is -2.50. The third kappa shape index (κ3) is 5.65. The molecule has 2 aromatic rings. The van der Waals surface area contributed by atoms with Crippen LogP contribution in [0.15, 0.2) is 53.4 Å². The third-order valence-corrected chi connectivity index (χ3v) is 5.86. The highest BCUT2D eigenvalue weighted by Gasteiger charge is 2.37. The zero-order valence-corrected chi connectivity index (χ0v) is 17.7. The molecule has 0 fully saturated rings. The normalized spacial score (nSPS) is 13.4. The molecule has 7 nitrogen and oxygen atoms in total. The average molecular weight is 419 g/mol. The van der Waals surface area contributed by atoms with Crippen molar-refractivity contribution in [1.82, 2.24) is 4.72 Å². The van der Waals surface area contributed by atoms with Crippen LogP contribution in [0.3, 0.4) is 0 Å². The van der Waals surface area contributed by atoms with Gasteiger partial charge >= 0.3 is 5.97 Å². The molecule has 0 saturated carbocycles. The molecule has 156 valence electrons. The van der Waals surface area contributed by atoms with Crippen molar-refractivity contribution in [1.29, 1.82) is 0 Å². The molecule has 0 saturated heterocycles.